The molecule has 2 N–H and O–H groups in total. The van der Waals surface area contributed by atoms with Crippen LogP contribution in [0.25, 0.3) is 0 Å². The predicted octanol–water partition coefficient (Wildman–Crippen LogP) is 1.61. The molecule has 0 aliphatic rings. The van der Waals surface area contributed by atoms with Crippen molar-refractivity contribution in [1.82, 2.24) is 4.90 Å². The van der Waals surface area contributed by atoms with Crippen LogP contribution in [0.15, 0.2) is 24.3 Å². The minimum absolute atomic E-state index is 0.559. The van der Waals surface area contributed by atoms with Crippen molar-refractivity contribution in [3.8, 4) is 6.07 Å². The third-order valence-corrected chi connectivity index (χ3v) is 2.10. The van der Waals surface area contributed by atoms with Crippen LogP contribution in [0.2, 0.25) is 0 Å². The third kappa shape index (κ3) is 3.08. The number of nitrogens with zero attached hydrogens (tertiary/aromatic N) is 2. The van der Waals surface area contributed by atoms with Crippen molar-refractivity contribution >= 4 is 5.69 Å². The maximum Gasteiger partial charge on any atom is 0.0635 e. The van der Waals surface area contributed by atoms with E-state index in [9.17, 15) is 0 Å². The molecule has 1 aromatic rings. The van der Waals surface area contributed by atoms with E-state index in [4.69, 9.17) is 11.0 Å². The highest BCUT2D eigenvalue weighted by Gasteiger charge is 2.01. The lowest BCUT2D eigenvalue weighted by Crippen LogP contribution is -2.19. The van der Waals surface area contributed by atoms with Crippen molar-refractivity contribution in [2.75, 3.05) is 19.3 Å². The topological polar surface area (TPSA) is 53.0 Å². The Morgan fingerprint density at radius 1 is 1.43 bits per heavy atom. The Bertz CT molecular complexity index is 328. The maximum atomic E-state index is 8.43. The molecule has 74 valence electrons. The predicted molar refractivity (Wildman–Crippen MR) is 57.4 cm³/mol. The Kier molecular flexibility index (Phi) is 3.96. The van der Waals surface area contributed by atoms with Gasteiger partial charge in [-0.2, -0.15) is 5.26 Å². The second-order valence-corrected chi connectivity index (χ2v) is 3.34. The van der Waals surface area contributed by atoms with Crippen LogP contribution in [0.1, 0.15) is 12.0 Å². The van der Waals surface area contributed by atoms with E-state index in [-0.39, 0.29) is 0 Å². The van der Waals surface area contributed by atoms with E-state index in [0.29, 0.717) is 6.42 Å². The Hall–Kier alpha value is -1.53. The van der Waals surface area contributed by atoms with Gasteiger partial charge in [-0.25, -0.2) is 0 Å². The molecule has 14 heavy (non-hydrogen) atoms. The van der Waals surface area contributed by atoms with Crippen molar-refractivity contribution in [3.05, 3.63) is 29.8 Å². The number of benzene rings is 1. The molecule has 0 radical (unpaired) electrons. The van der Waals surface area contributed by atoms with Gasteiger partial charge < -0.3 is 10.6 Å². The Morgan fingerprint density at radius 3 is 2.79 bits per heavy atom. The zero-order valence-electron chi connectivity index (χ0n) is 8.40. The number of anilines is 1. The number of nitriles is 1. The van der Waals surface area contributed by atoms with Crippen LogP contribution in [0.5, 0.6) is 0 Å². The monoisotopic (exact) mass is 189 g/mol. The highest BCUT2D eigenvalue weighted by atomic mass is 15.1. The fraction of sp³-hybridized carbons (Fsp3) is 0.364. The smallest absolute Gasteiger partial charge is 0.0635 e. The summed E-state index contributed by atoms with van der Waals surface area (Å²) in [5.41, 5.74) is 7.74. The van der Waals surface area contributed by atoms with E-state index in [2.05, 4.69) is 11.0 Å². The van der Waals surface area contributed by atoms with Gasteiger partial charge in [0.1, 0.15) is 0 Å². The van der Waals surface area contributed by atoms with Gasteiger partial charge in [0.2, 0.25) is 0 Å². The van der Waals surface area contributed by atoms with Gasteiger partial charge in [0.05, 0.1) is 6.07 Å². The summed E-state index contributed by atoms with van der Waals surface area (Å²) in [6.45, 7) is 1.58. The molecule has 3 nitrogen and oxygen atoms in total. The van der Waals surface area contributed by atoms with Gasteiger partial charge in [-0.3, -0.25) is 0 Å². The molecule has 1 rings (SSSR count). The summed E-state index contributed by atoms with van der Waals surface area (Å²) < 4.78 is 0. The highest BCUT2D eigenvalue weighted by Crippen LogP contribution is 2.12. The molecule has 0 spiro atoms. The van der Waals surface area contributed by atoms with Crippen LogP contribution in [-0.2, 0) is 6.54 Å². The number of para-hydroxylation sites is 1. The average molecular weight is 189 g/mol. The first-order chi connectivity index (χ1) is 6.74. The van der Waals surface area contributed by atoms with Crippen molar-refractivity contribution in [1.29, 1.82) is 5.26 Å². The molecule has 1 aromatic carbocycles. The Balaban J connectivity index is 2.52. The summed E-state index contributed by atoms with van der Waals surface area (Å²) in [5.74, 6) is 0. The number of nitrogens with two attached hydrogens (primary N) is 1. The normalized spacial score (nSPS) is 10.1. The maximum absolute atomic E-state index is 8.43. The summed E-state index contributed by atoms with van der Waals surface area (Å²) in [6.07, 6.45) is 0.559. The van der Waals surface area contributed by atoms with Gasteiger partial charge in [0, 0.05) is 25.2 Å². The van der Waals surface area contributed by atoms with Gasteiger partial charge in [-0.15, -0.1) is 0 Å². The summed E-state index contributed by atoms with van der Waals surface area (Å²) in [4.78, 5) is 2.09. The quantitative estimate of drug-likeness (QED) is 0.732. The van der Waals surface area contributed by atoms with Crippen LogP contribution in [0.4, 0.5) is 5.69 Å². The van der Waals surface area contributed by atoms with E-state index >= 15 is 0 Å². The van der Waals surface area contributed by atoms with Crippen LogP contribution in [0.3, 0.4) is 0 Å². The molecule has 0 bridgehead atoms. The first kappa shape index (κ1) is 10.6. The molecule has 0 aliphatic heterocycles. The minimum Gasteiger partial charge on any atom is -0.398 e. The first-order valence-corrected chi connectivity index (χ1v) is 4.63. The van der Waals surface area contributed by atoms with E-state index in [1.54, 1.807) is 0 Å². The van der Waals surface area contributed by atoms with Gasteiger partial charge >= 0.3 is 0 Å². The molecule has 0 amide bonds. The fourth-order valence-electron chi connectivity index (χ4n) is 1.29. The molecule has 0 saturated carbocycles. The van der Waals surface area contributed by atoms with Crippen molar-refractivity contribution in [3.63, 3.8) is 0 Å². The van der Waals surface area contributed by atoms with Gasteiger partial charge in [0.15, 0.2) is 0 Å². The third-order valence-electron chi connectivity index (χ3n) is 2.10. The molecule has 0 heterocycles. The van der Waals surface area contributed by atoms with Crippen LogP contribution < -0.4 is 5.73 Å². The van der Waals surface area contributed by atoms with E-state index in [1.807, 2.05) is 31.3 Å². The average Bonchev–Trinajstić information content (AvgIpc) is 2.18. The van der Waals surface area contributed by atoms with Crippen LogP contribution in [0, 0.1) is 11.3 Å². The largest absolute Gasteiger partial charge is 0.398 e. The van der Waals surface area contributed by atoms with Crippen LogP contribution in [-0.4, -0.2) is 18.5 Å². The summed E-state index contributed by atoms with van der Waals surface area (Å²) in [7, 11) is 1.99. The summed E-state index contributed by atoms with van der Waals surface area (Å²) in [5, 5.41) is 8.43. The zero-order valence-corrected chi connectivity index (χ0v) is 8.40. The standard InChI is InChI=1S/C11H15N3/c1-14(8-4-7-12)9-10-5-2-3-6-11(10)13/h2-3,5-6H,4,8-9,13H2,1H3. The van der Waals surface area contributed by atoms with E-state index in [0.717, 1.165) is 24.3 Å². The molecule has 0 aromatic heterocycles. The number of hydrogen-bond donors (Lipinski definition) is 1. The summed E-state index contributed by atoms with van der Waals surface area (Å²) in [6, 6.07) is 9.94. The Labute approximate surface area is 84.7 Å². The Morgan fingerprint density at radius 2 is 2.14 bits per heavy atom. The van der Waals surface area contributed by atoms with Crippen molar-refractivity contribution in [2.24, 2.45) is 0 Å². The number of nitrogen functional groups attached to an aromatic ring is 1. The number of rotatable bonds is 4. The molecular formula is C11H15N3. The lowest BCUT2D eigenvalue weighted by molar-refractivity contribution is 0.335. The lowest BCUT2D eigenvalue weighted by Gasteiger charge is -2.15. The zero-order chi connectivity index (χ0) is 10.4. The minimum atomic E-state index is 0.559. The van der Waals surface area contributed by atoms with Gasteiger partial charge in [-0.1, -0.05) is 18.2 Å². The molecule has 3 heteroatoms. The highest BCUT2D eigenvalue weighted by molar-refractivity contribution is 5.46. The van der Waals surface area contributed by atoms with Crippen molar-refractivity contribution < 1.29 is 0 Å². The molecular weight excluding hydrogens is 174 g/mol. The molecule has 0 unspecified atom stereocenters. The second kappa shape index (κ2) is 5.25. The van der Waals surface area contributed by atoms with Crippen molar-refractivity contribution in [2.45, 2.75) is 13.0 Å². The van der Waals surface area contributed by atoms with Crippen LogP contribution >= 0.6 is 0 Å². The van der Waals surface area contributed by atoms with Gasteiger partial charge in [-0.05, 0) is 18.7 Å². The molecule has 0 aliphatic carbocycles. The molecule has 0 fully saturated rings. The van der Waals surface area contributed by atoms with E-state index < -0.39 is 0 Å². The number of hydrogen-bond acceptors (Lipinski definition) is 3. The van der Waals surface area contributed by atoms with Gasteiger partial charge in [0.25, 0.3) is 0 Å². The summed E-state index contributed by atoms with van der Waals surface area (Å²) >= 11 is 0. The molecule has 0 saturated heterocycles. The molecule has 0 atom stereocenters. The lowest BCUT2D eigenvalue weighted by atomic mass is 10.2. The SMILES string of the molecule is CN(CCC#N)Cc1ccccc1N. The second-order valence-electron chi connectivity index (χ2n) is 3.34. The first-order valence-electron chi connectivity index (χ1n) is 4.63. The fourth-order valence-corrected chi connectivity index (χ4v) is 1.29. The van der Waals surface area contributed by atoms with E-state index in [1.165, 1.54) is 0 Å².